The van der Waals surface area contributed by atoms with Crippen LogP contribution in [0, 0.1) is 13.8 Å². The van der Waals surface area contributed by atoms with E-state index < -0.39 is 0 Å². The molecule has 3 aromatic carbocycles. The molecule has 0 spiro atoms. The van der Waals surface area contributed by atoms with Crippen molar-refractivity contribution in [3.8, 4) is 17.2 Å². The van der Waals surface area contributed by atoms with Gasteiger partial charge in [0.2, 0.25) is 5.89 Å². The average molecular weight is 435 g/mol. The van der Waals surface area contributed by atoms with Crippen LogP contribution in [0.1, 0.15) is 23.6 Å². The van der Waals surface area contributed by atoms with Gasteiger partial charge in [0.05, 0.1) is 10.6 Å². The topological polar surface area (TPSA) is 64.4 Å². The van der Waals surface area contributed by atoms with Crippen molar-refractivity contribution in [1.82, 2.24) is 4.98 Å². The lowest BCUT2D eigenvalue weighted by Gasteiger charge is -2.09. The van der Waals surface area contributed by atoms with E-state index in [4.69, 9.17) is 20.8 Å². The molecule has 0 fully saturated rings. The van der Waals surface area contributed by atoms with E-state index in [9.17, 15) is 4.79 Å². The quantitative estimate of drug-likeness (QED) is 0.384. The molecule has 0 saturated carbocycles. The first kappa shape index (κ1) is 20.9. The third-order valence-corrected chi connectivity index (χ3v) is 5.33. The first-order valence-electron chi connectivity index (χ1n) is 10.1. The van der Waals surface area contributed by atoms with E-state index in [1.54, 1.807) is 18.2 Å². The number of aromatic nitrogens is 1. The average Bonchev–Trinajstić information content (AvgIpc) is 3.18. The van der Waals surface area contributed by atoms with Crippen molar-refractivity contribution in [1.29, 1.82) is 0 Å². The second-order valence-electron chi connectivity index (χ2n) is 7.48. The summed E-state index contributed by atoms with van der Waals surface area (Å²) in [6, 6.07) is 16.9. The molecule has 158 valence electrons. The zero-order valence-corrected chi connectivity index (χ0v) is 18.4. The van der Waals surface area contributed by atoms with E-state index in [1.807, 2.05) is 50.2 Å². The van der Waals surface area contributed by atoms with E-state index in [-0.39, 0.29) is 12.5 Å². The molecule has 0 aliphatic carbocycles. The molecule has 1 heterocycles. The van der Waals surface area contributed by atoms with Gasteiger partial charge in [-0.1, -0.05) is 36.7 Å². The van der Waals surface area contributed by atoms with Gasteiger partial charge in [-0.15, -0.1) is 0 Å². The maximum absolute atomic E-state index is 12.4. The number of benzene rings is 3. The van der Waals surface area contributed by atoms with Gasteiger partial charge in [0, 0.05) is 5.69 Å². The van der Waals surface area contributed by atoms with E-state index in [2.05, 4.69) is 17.2 Å². The first-order valence-corrected chi connectivity index (χ1v) is 10.5. The van der Waals surface area contributed by atoms with Gasteiger partial charge in [0.15, 0.2) is 12.2 Å². The number of carbonyl (C=O) groups excluding carboxylic acids is 1. The monoisotopic (exact) mass is 434 g/mol. The predicted octanol–water partition coefficient (Wildman–Crippen LogP) is 6.34. The number of amides is 1. The lowest BCUT2D eigenvalue weighted by Crippen LogP contribution is -2.20. The zero-order chi connectivity index (χ0) is 22.0. The molecule has 0 aliphatic rings. The Balaban J connectivity index is 1.49. The molecule has 0 atom stereocenters. The number of oxazole rings is 1. The zero-order valence-electron chi connectivity index (χ0n) is 17.7. The van der Waals surface area contributed by atoms with Gasteiger partial charge in [-0.05, 0) is 73.4 Å². The number of nitrogens with zero attached hydrogens (tertiary/aromatic N) is 1. The van der Waals surface area contributed by atoms with E-state index in [1.165, 1.54) is 5.56 Å². The smallest absolute Gasteiger partial charge is 0.262 e. The summed E-state index contributed by atoms with van der Waals surface area (Å²) in [5, 5.41) is 3.33. The molecular weight excluding hydrogens is 412 g/mol. The predicted molar refractivity (Wildman–Crippen MR) is 124 cm³/mol. The normalized spacial score (nSPS) is 11.0. The summed E-state index contributed by atoms with van der Waals surface area (Å²) in [7, 11) is 0. The standard InChI is InChI=1S/C25H23ClN2O3/c1-4-17-5-8-19(9-6-17)30-14-23(29)27-18-7-10-21(26)20(13-18)25-28-22-12-15(2)11-16(3)24(22)31-25/h5-13H,4,14H2,1-3H3,(H,27,29). The van der Waals surface area contributed by atoms with Crippen molar-refractivity contribution in [3.05, 3.63) is 76.3 Å². The second-order valence-corrected chi connectivity index (χ2v) is 7.89. The summed E-state index contributed by atoms with van der Waals surface area (Å²) < 4.78 is 11.5. The molecule has 0 unspecified atom stereocenters. The summed E-state index contributed by atoms with van der Waals surface area (Å²) in [5.74, 6) is 0.801. The number of hydrogen-bond acceptors (Lipinski definition) is 4. The minimum absolute atomic E-state index is 0.0925. The van der Waals surface area contributed by atoms with Crippen molar-refractivity contribution < 1.29 is 13.9 Å². The van der Waals surface area contributed by atoms with E-state index >= 15 is 0 Å². The third-order valence-electron chi connectivity index (χ3n) is 5.00. The molecule has 6 heteroatoms. The minimum Gasteiger partial charge on any atom is -0.484 e. The molecule has 0 radical (unpaired) electrons. The fourth-order valence-electron chi connectivity index (χ4n) is 3.43. The first-order chi connectivity index (χ1) is 14.9. The number of nitrogens with one attached hydrogen (secondary N) is 1. The van der Waals surface area contributed by atoms with Gasteiger partial charge >= 0.3 is 0 Å². The van der Waals surface area contributed by atoms with Gasteiger partial charge in [-0.3, -0.25) is 4.79 Å². The van der Waals surface area contributed by atoms with Crippen molar-refractivity contribution >= 4 is 34.3 Å². The third kappa shape index (κ3) is 4.72. The van der Waals surface area contributed by atoms with Crippen LogP contribution in [-0.2, 0) is 11.2 Å². The molecule has 0 bridgehead atoms. The summed E-state index contributed by atoms with van der Waals surface area (Å²) in [6.45, 7) is 6.00. The highest BCUT2D eigenvalue weighted by atomic mass is 35.5. The maximum Gasteiger partial charge on any atom is 0.262 e. The Labute approximate surface area is 186 Å². The number of anilines is 1. The number of rotatable bonds is 6. The molecule has 0 aliphatic heterocycles. The Bertz CT molecular complexity index is 1250. The van der Waals surface area contributed by atoms with E-state index in [0.717, 1.165) is 28.6 Å². The van der Waals surface area contributed by atoms with Crippen LogP contribution in [0.5, 0.6) is 5.75 Å². The van der Waals surface area contributed by atoms with E-state index in [0.29, 0.717) is 27.9 Å². The van der Waals surface area contributed by atoms with Crippen molar-refractivity contribution in [3.63, 3.8) is 0 Å². The molecular formula is C25H23ClN2O3. The summed E-state index contributed by atoms with van der Waals surface area (Å²) in [4.78, 5) is 16.9. The minimum atomic E-state index is -0.267. The van der Waals surface area contributed by atoms with Crippen LogP contribution in [0.2, 0.25) is 5.02 Å². The highest BCUT2D eigenvalue weighted by Gasteiger charge is 2.15. The molecule has 31 heavy (non-hydrogen) atoms. The Morgan fingerprint density at radius 1 is 1.10 bits per heavy atom. The van der Waals surface area contributed by atoms with Gasteiger partial charge in [-0.25, -0.2) is 4.98 Å². The molecule has 1 amide bonds. The lowest BCUT2D eigenvalue weighted by molar-refractivity contribution is -0.118. The fraction of sp³-hybridized carbons (Fsp3) is 0.200. The van der Waals surface area contributed by atoms with Gasteiger partial charge in [0.25, 0.3) is 5.91 Å². The van der Waals surface area contributed by atoms with Crippen LogP contribution >= 0.6 is 11.6 Å². The van der Waals surface area contributed by atoms with Crippen molar-refractivity contribution in [2.75, 3.05) is 11.9 Å². The number of hydrogen-bond donors (Lipinski definition) is 1. The lowest BCUT2D eigenvalue weighted by atomic mass is 10.1. The maximum atomic E-state index is 12.4. The van der Waals surface area contributed by atoms with Crippen LogP contribution < -0.4 is 10.1 Å². The highest BCUT2D eigenvalue weighted by molar-refractivity contribution is 6.33. The Kier molecular flexibility index (Phi) is 5.96. The van der Waals surface area contributed by atoms with Crippen LogP contribution in [-0.4, -0.2) is 17.5 Å². The Hall–Kier alpha value is -3.31. The molecule has 1 aromatic heterocycles. The highest BCUT2D eigenvalue weighted by Crippen LogP contribution is 2.33. The molecule has 4 aromatic rings. The van der Waals surface area contributed by atoms with Crippen LogP contribution in [0.15, 0.2) is 59.0 Å². The summed E-state index contributed by atoms with van der Waals surface area (Å²) >= 11 is 6.39. The number of ether oxygens (including phenoxy) is 1. The largest absolute Gasteiger partial charge is 0.484 e. The fourth-order valence-corrected chi connectivity index (χ4v) is 3.62. The van der Waals surface area contributed by atoms with Crippen LogP contribution in [0.4, 0.5) is 5.69 Å². The molecule has 4 rings (SSSR count). The SMILES string of the molecule is CCc1ccc(OCC(=O)Nc2ccc(Cl)c(-c3nc4cc(C)cc(C)c4o3)c2)cc1. The molecule has 5 nitrogen and oxygen atoms in total. The Morgan fingerprint density at radius 2 is 1.87 bits per heavy atom. The van der Waals surface area contributed by atoms with Crippen molar-refractivity contribution in [2.24, 2.45) is 0 Å². The molecule has 1 N–H and O–H groups in total. The van der Waals surface area contributed by atoms with Crippen molar-refractivity contribution in [2.45, 2.75) is 27.2 Å². The number of aryl methyl sites for hydroxylation is 3. The number of fused-ring (bicyclic) bond motifs is 1. The van der Waals surface area contributed by atoms with Gasteiger partial charge < -0.3 is 14.5 Å². The Morgan fingerprint density at radius 3 is 2.61 bits per heavy atom. The van der Waals surface area contributed by atoms with Crippen LogP contribution in [0.3, 0.4) is 0 Å². The number of carbonyl (C=O) groups is 1. The number of halogens is 1. The molecule has 0 saturated heterocycles. The van der Waals surface area contributed by atoms with Crippen LogP contribution in [0.25, 0.3) is 22.6 Å². The summed E-state index contributed by atoms with van der Waals surface area (Å²) in [5.41, 5.74) is 6.05. The van der Waals surface area contributed by atoms with Gasteiger partial charge in [0.1, 0.15) is 11.3 Å². The van der Waals surface area contributed by atoms with Gasteiger partial charge in [-0.2, -0.15) is 0 Å². The summed E-state index contributed by atoms with van der Waals surface area (Å²) in [6.07, 6.45) is 0.957. The second kappa shape index (κ2) is 8.82.